The monoisotopic (exact) mass is 336 g/mol. The van der Waals surface area contributed by atoms with Crippen LogP contribution in [0.15, 0.2) is 22.9 Å². The van der Waals surface area contributed by atoms with E-state index in [1.54, 1.807) is 22.7 Å². The fourth-order valence-electron chi connectivity index (χ4n) is 2.51. The van der Waals surface area contributed by atoms with Crippen LogP contribution in [0.2, 0.25) is 0 Å². The molecule has 0 unspecified atom stereocenters. The number of thiophene rings is 1. The molecule has 5 nitrogen and oxygen atoms in total. The van der Waals surface area contributed by atoms with Gasteiger partial charge in [0.25, 0.3) is 0 Å². The molecule has 0 bridgehead atoms. The van der Waals surface area contributed by atoms with E-state index in [9.17, 15) is 4.79 Å². The molecule has 22 heavy (non-hydrogen) atoms. The molecular formula is C15H20N4OS2. The Kier molecular flexibility index (Phi) is 5.07. The van der Waals surface area contributed by atoms with Gasteiger partial charge in [-0.15, -0.1) is 22.7 Å². The number of piperazine rings is 1. The van der Waals surface area contributed by atoms with Crippen LogP contribution >= 0.6 is 22.7 Å². The summed E-state index contributed by atoms with van der Waals surface area (Å²) in [5.41, 5.74) is 1.14. The third-order valence-corrected chi connectivity index (χ3v) is 5.40. The number of rotatable bonds is 4. The first-order valence-electron chi connectivity index (χ1n) is 7.39. The van der Waals surface area contributed by atoms with E-state index in [4.69, 9.17) is 0 Å². The Labute approximate surface area is 138 Å². The van der Waals surface area contributed by atoms with Crippen molar-refractivity contribution in [1.29, 1.82) is 0 Å². The van der Waals surface area contributed by atoms with Gasteiger partial charge < -0.3 is 10.2 Å². The standard InChI is InChI=1S/C15H20N4OS2/c1-12-17-13(11-22-12)10-18-4-6-19(7-5-18)15(20)16-9-14-3-2-8-21-14/h2-3,8,11H,4-7,9-10H2,1H3,(H,16,20). The zero-order valence-electron chi connectivity index (χ0n) is 12.6. The molecule has 0 radical (unpaired) electrons. The lowest BCUT2D eigenvalue weighted by molar-refractivity contribution is 0.134. The molecule has 0 saturated carbocycles. The highest BCUT2D eigenvalue weighted by Gasteiger charge is 2.21. The van der Waals surface area contributed by atoms with E-state index < -0.39 is 0 Å². The highest BCUT2D eigenvalue weighted by Crippen LogP contribution is 2.12. The molecule has 2 aromatic rings. The van der Waals surface area contributed by atoms with Gasteiger partial charge in [-0.3, -0.25) is 4.90 Å². The number of carbonyl (C=O) groups excluding carboxylic acids is 1. The Morgan fingerprint density at radius 2 is 2.14 bits per heavy atom. The molecule has 1 aliphatic heterocycles. The zero-order valence-corrected chi connectivity index (χ0v) is 14.3. The molecule has 1 fully saturated rings. The summed E-state index contributed by atoms with van der Waals surface area (Å²) in [6.07, 6.45) is 0. The third kappa shape index (κ3) is 4.06. The summed E-state index contributed by atoms with van der Waals surface area (Å²) in [5.74, 6) is 0. The van der Waals surface area contributed by atoms with E-state index in [1.165, 1.54) is 4.88 Å². The van der Waals surface area contributed by atoms with Crippen molar-refractivity contribution in [2.45, 2.75) is 20.0 Å². The number of amides is 2. The maximum Gasteiger partial charge on any atom is 0.317 e. The van der Waals surface area contributed by atoms with Crippen molar-refractivity contribution in [3.8, 4) is 0 Å². The quantitative estimate of drug-likeness (QED) is 0.933. The van der Waals surface area contributed by atoms with Gasteiger partial charge in [-0.2, -0.15) is 0 Å². The minimum atomic E-state index is 0.0394. The molecule has 2 amide bonds. The van der Waals surface area contributed by atoms with Gasteiger partial charge in [-0.25, -0.2) is 9.78 Å². The van der Waals surface area contributed by atoms with E-state index >= 15 is 0 Å². The summed E-state index contributed by atoms with van der Waals surface area (Å²) in [6, 6.07) is 4.08. The Hall–Kier alpha value is -1.44. The maximum absolute atomic E-state index is 12.2. The number of nitrogens with one attached hydrogen (secondary N) is 1. The average Bonchev–Trinajstić information content (AvgIpc) is 3.17. The smallest absolute Gasteiger partial charge is 0.317 e. The SMILES string of the molecule is Cc1nc(CN2CCN(C(=O)NCc3cccs3)CC2)cs1. The second kappa shape index (κ2) is 7.21. The highest BCUT2D eigenvalue weighted by atomic mass is 32.1. The van der Waals surface area contributed by atoms with Gasteiger partial charge in [-0.05, 0) is 18.4 Å². The molecule has 2 aromatic heterocycles. The number of hydrogen-bond donors (Lipinski definition) is 1. The van der Waals surface area contributed by atoms with Crippen LogP contribution in [0.3, 0.4) is 0 Å². The maximum atomic E-state index is 12.2. The van der Waals surface area contributed by atoms with Crippen molar-refractivity contribution in [1.82, 2.24) is 20.1 Å². The number of thiazole rings is 1. The molecule has 0 aromatic carbocycles. The first kappa shape index (κ1) is 15.5. The lowest BCUT2D eigenvalue weighted by Crippen LogP contribution is -2.51. The van der Waals surface area contributed by atoms with Gasteiger partial charge in [0.05, 0.1) is 17.2 Å². The fourth-order valence-corrected chi connectivity index (χ4v) is 3.76. The zero-order chi connectivity index (χ0) is 15.4. The van der Waals surface area contributed by atoms with Crippen molar-refractivity contribution in [2.75, 3.05) is 26.2 Å². The largest absolute Gasteiger partial charge is 0.333 e. The Morgan fingerprint density at radius 3 is 2.77 bits per heavy atom. The predicted molar refractivity (Wildman–Crippen MR) is 90.3 cm³/mol. The first-order valence-corrected chi connectivity index (χ1v) is 9.15. The van der Waals surface area contributed by atoms with E-state index in [0.717, 1.165) is 43.4 Å². The van der Waals surface area contributed by atoms with Gasteiger partial charge in [0.15, 0.2) is 0 Å². The lowest BCUT2D eigenvalue weighted by Gasteiger charge is -2.34. The Bertz CT molecular complexity index is 603. The summed E-state index contributed by atoms with van der Waals surface area (Å²) < 4.78 is 0. The van der Waals surface area contributed by atoms with Gasteiger partial charge in [0.2, 0.25) is 0 Å². The minimum absolute atomic E-state index is 0.0394. The van der Waals surface area contributed by atoms with Crippen molar-refractivity contribution in [3.63, 3.8) is 0 Å². The number of nitrogens with zero attached hydrogens (tertiary/aromatic N) is 3. The third-order valence-electron chi connectivity index (χ3n) is 3.71. The summed E-state index contributed by atoms with van der Waals surface area (Å²) >= 11 is 3.36. The van der Waals surface area contributed by atoms with Crippen molar-refractivity contribution >= 4 is 28.7 Å². The molecule has 118 valence electrons. The normalized spacial score (nSPS) is 16.0. The second-order valence-electron chi connectivity index (χ2n) is 5.36. The van der Waals surface area contributed by atoms with Crippen LogP contribution in [0.5, 0.6) is 0 Å². The molecule has 0 aliphatic carbocycles. The topological polar surface area (TPSA) is 48.5 Å². The van der Waals surface area contributed by atoms with Crippen LogP contribution in [0, 0.1) is 6.92 Å². The van der Waals surface area contributed by atoms with E-state index in [2.05, 4.69) is 20.6 Å². The minimum Gasteiger partial charge on any atom is -0.333 e. The van der Waals surface area contributed by atoms with Crippen LogP contribution in [-0.2, 0) is 13.1 Å². The predicted octanol–water partition coefficient (Wildman–Crippen LogP) is 2.54. The molecule has 3 heterocycles. The number of urea groups is 1. The molecular weight excluding hydrogens is 316 g/mol. The molecule has 3 rings (SSSR count). The van der Waals surface area contributed by atoms with Crippen LogP contribution in [0.4, 0.5) is 4.79 Å². The summed E-state index contributed by atoms with van der Waals surface area (Å²) in [4.78, 5) is 22.1. The Balaban J connectivity index is 1.42. The van der Waals surface area contributed by atoms with Crippen molar-refractivity contribution in [2.24, 2.45) is 0 Å². The average molecular weight is 336 g/mol. The van der Waals surface area contributed by atoms with Crippen molar-refractivity contribution < 1.29 is 4.79 Å². The van der Waals surface area contributed by atoms with Crippen LogP contribution < -0.4 is 5.32 Å². The van der Waals surface area contributed by atoms with E-state index in [0.29, 0.717) is 6.54 Å². The fraction of sp³-hybridized carbons (Fsp3) is 0.467. The highest BCUT2D eigenvalue weighted by molar-refractivity contribution is 7.10. The van der Waals surface area contributed by atoms with E-state index in [-0.39, 0.29) is 6.03 Å². The Morgan fingerprint density at radius 1 is 1.32 bits per heavy atom. The molecule has 1 N–H and O–H groups in total. The van der Waals surface area contributed by atoms with Gasteiger partial charge in [0, 0.05) is 43.0 Å². The molecule has 0 atom stereocenters. The molecule has 1 aliphatic rings. The van der Waals surface area contributed by atoms with Gasteiger partial charge in [0.1, 0.15) is 0 Å². The number of aryl methyl sites for hydroxylation is 1. The lowest BCUT2D eigenvalue weighted by atomic mass is 10.3. The van der Waals surface area contributed by atoms with Crippen LogP contribution in [-0.4, -0.2) is 47.0 Å². The van der Waals surface area contributed by atoms with Crippen LogP contribution in [0.1, 0.15) is 15.6 Å². The van der Waals surface area contributed by atoms with Gasteiger partial charge in [-0.1, -0.05) is 6.07 Å². The second-order valence-corrected chi connectivity index (χ2v) is 7.45. The number of aromatic nitrogens is 1. The number of hydrogen-bond acceptors (Lipinski definition) is 5. The summed E-state index contributed by atoms with van der Waals surface area (Å²) in [6.45, 7) is 6.90. The molecule has 7 heteroatoms. The van der Waals surface area contributed by atoms with Crippen LogP contribution in [0.25, 0.3) is 0 Å². The number of carbonyl (C=O) groups is 1. The summed E-state index contributed by atoms with van der Waals surface area (Å²) in [7, 11) is 0. The molecule has 1 saturated heterocycles. The summed E-state index contributed by atoms with van der Waals surface area (Å²) in [5, 5.41) is 8.25. The molecule has 0 spiro atoms. The van der Waals surface area contributed by atoms with Crippen molar-refractivity contribution in [3.05, 3.63) is 38.5 Å². The van der Waals surface area contributed by atoms with E-state index in [1.807, 2.05) is 29.3 Å². The van der Waals surface area contributed by atoms with Gasteiger partial charge >= 0.3 is 6.03 Å². The first-order chi connectivity index (χ1) is 10.7.